The van der Waals surface area contributed by atoms with Gasteiger partial charge in [0, 0.05) is 12.5 Å². The van der Waals surface area contributed by atoms with E-state index < -0.39 is 0 Å². The van der Waals surface area contributed by atoms with Gasteiger partial charge in [0.1, 0.15) is 0 Å². The molecule has 0 amide bonds. The quantitative estimate of drug-likeness (QED) is 0.581. The van der Waals surface area contributed by atoms with Crippen LogP contribution in [0.2, 0.25) is 0 Å². The molecule has 0 saturated carbocycles. The molecule has 0 bridgehead atoms. The normalized spacial score (nSPS) is 24.2. The van der Waals surface area contributed by atoms with Crippen LogP contribution in [0.1, 0.15) is 6.92 Å². The maximum Gasteiger partial charge on any atom is 0.00758 e. The second-order valence-corrected chi connectivity index (χ2v) is 2.55. The summed E-state index contributed by atoms with van der Waals surface area (Å²) in [5.41, 5.74) is 6.78. The monoisotopic (exact) mass is 135 g/mol. The van der Waals surface area contributed by atoms with E-state index in [9.17, 15) is 0 Å². The van der Waals surface area contributed by atoms with Crippen LogP contribution in [0.5, 0.6) is 0 Å². The highest BCUT2D eigenvalue weighted by atomic mass is 14.5. The maximum atomic E-state index is 5.49. The van der Waals surface area contributed by atoms with E-state index in [1.54, 1.807) is 0 Å². The summed E-state index contributed by atoms with van der Waals surface area (Å²) in [7, 11) is 0. The molecular weight excluding hydrogens is 122 g/mol. The van der Waals surface area contributed by atoms with Crippen LogP contribution in [0, 0.1) is 5.92 Å². The zero-order valence-electron chi connectivity index (χ0n) is 6.25. The summed E-state index contributed by atoms with van der Waals surface area (Å²) >= 11 is 0. The fourth-order valence-corrected chi connectivity index (χ4v) is 0.902. The minimum Gasteiger partial charge on any atom is -0.330 e. The Labute approximate surface area is 61.9 Å². The Balaban J connectivity index is 2.68. The van der Waals surface area contributed by atoms with Crippen LogP contribution >= 0.6 is 0 Å². The predicted octanol–water partition coefficient (Wildman–Crippen LogP) is 1.63. The molecule has 0 aliphatic heterocycles. The van der Waals surface area contributed by atoms with Gasteiger partial charge in [-0.3, -0.25) is 0 Å². The first-order valence-corrected chi connectivity index (χ1v) is 3.56. The summed E-state index contributed by atoms with van der Waals surface area (Å²) in [5.74, 6) is 0.425. The van der Waals surface area contributed by atoms with E-state index in [0.717, 1.165) is 0 Å². The summed E-state index contributed by atoms with van der Waals surface area (Å²) < 4.78 is 0. The Morgan fingerprint density at radius 3 is 3.00 bits per heavy atom. The SMILES string of the molecule is CC1=CC=CC(CN)C=C1. The molecule has 1 aliphatic rings. The van der Waals surface area contributed by atoms with Crippen molar-refractivity contribution in [1.82, 2.24) is 0 Å². The lowest BCUT2D eigenvalue weighted by Crippen LogP contribution is -2.08. The molecule has 0 fully saturated rings. The molecule has 0 radical (unpaired) electrons. The van der Waals surface area contributed by atoms with Crippen molar-refractivity contribution in [1.29, 1.82) is 0 Å². The lowest BCUT2D eigenvalue weighted by atomic mass is 10.1. The van der Waals surface area contributed by atoms with E-state index in [4.69, 9.17) is 5.73 Å². The van der Waals surface area contributed by atoms with Crippen molar-refractivity contribution in [2.45, 2.75) is 6.92 Å². The van der Waals surface area contributed by atoms with Crippen LogP contribution in [-0.4, -0.2) is 6.54 Å². The van der Waals surface area contributed by atoms with Crippen molar-refractivity contribution in [2.24, 2.45) is 11.7 Å². The third-order valence-corrected chi connectivity index (χ3v) is 1.60. The van der Waals surface area contributed by atoms with E-state index >= 15 is 0 Å². The molecule has 1 nitrogen and oxygen atoms in total. The third kappa shape index (κ3) is 1.85. The van der Waals surface area contributed by atoms with Crippen LogP contribution in [0.25, 0.3) is 0 Å². The number of nitrogens with two attached hydrogens (primary N) is 1. The smallest absolute Gasteiger partial charge is 0.00758 e. The minimum absolute atomic E-state index is 0.425. The van der Waals surface area contributed by atoms with Crippen molar-refractivity contribution in [2.75, 3.05) is 6.54 Å². The molecule has 1 heteroatoms. The predicted molar refractivity (Wildman–Crippen MR) is 44.6 cm³/mol. The average molecular weight is 135 g/mol. The van der Waals surface area contributed by atoms with Crippen molar-refractivity contribution < 1.29 is 0 Å². The Bertz CT molecular complexity index is 187. The molecule has 1 aliphatic carbocycles. The highest BCUT2D eigenvalue weighted by molar-refractivity contribution is 5.27. The molecule has 0 aromatic rings. The van der Waals surface area contributed by atoms with Crippen LogP contribution < -0.4 is 5.73 Å². The molecule has 0 spiro atoms. The van der Waals surface area contributed by atoms with Crippen molar-refractivity contribution in [3.8, 4) is 0 Å². The Morgan fingerprint density at radius 2 is 2.30 bits per heavy atom. The first-order chi connectivity index (χ1) is 4.83. The minimum atomic E-state index is 0.425. The van der Waals surface area contributed by atoms with Crippen molar-refractivity contribution >= 4 is 0 Å². The third-order valence-electron chi connectivity index (χ3n) is 1.60. The van der Waals surface area contributed by atoms with Gasteiger partial charge in [-0.15, -0.1) is 0 Å². The van der Waals surface area contributed by atoms with Gasteiger partial charge < -0.3 is 5.73 Å². The van der Waals surface area contributed by atoms with Gasteiger partial charge in [0.25, 0.3) is 0 Å². The van der Waals surface area contributed by atoms with Crippen molar-refractivity contribution in [3.63, 3.8) is 0 Å². The Hall–Kier alpha value is -0.820. The van der Waals surface area contributed by atoms with Gasteiger partial charge in [0.05, 0.1) is 0 Å². The van der Waals surface area contributed by atoms with Gasteiger partial charge >= 0.3 is 0 Å². The number of allylic oxidation sites excluding steroid dienone is 4. The molecule has 0 aromatic heterocycles. The molecule has 2 N–H and O–H groups in total. The fourth-order valence-electron chi connectivity index (χ4n) is 0.902. The molecule has 0 heterocycles. The second kappa shape index (κ2) is 3.37. The van der Waals surface area contributed by atoms with Gasteiger partial charge in [-0.1, -0.05) is 36.0 Å². The van der Waals surface area contributed by atoms with Gasteiger partial charge in [-0.05, 0) is 6.92 Å². The molecule has 1 rings (SSSR count). The summed E-state index contributed by atoms with van der Waals surface area (Å²) in [6.45, 7) is 2.79. The molecule has 0 saturated heterocycles. The number of rotatable bonds is 1. The topological polar surface area (TPSA) is 26.0 Å². The van der Waals surface area contributed by atoms with Gasteiger partial charge in [-0.2, -0.15) is 0 Å². The van der Waals surface area contributed by atoms with E-state index in [0.29, 0.717) is 12.5 Å². The molecule has 10 heavy (non-hydrogen) atoms. The first kappa shape index (κ1) is 7.29. The molecule has 1 unspecified atom stereocenters. The first-order valence-electron chi connectivity index (χ1n) is 3.56. The molecular formula is C9H13N. The maximum absolute atomic E-state index is 5.49. The molecule has 54 valence electrons. The fraction of sp³-hybridized carbons (Fsp3) is 0.333. The average Bonchev–Trinajstić information content (AvgIpc) is 2.14. The van der Waals surface area contributed by atoms with Crippen LogP contribution in [0.15, 0.2) is 36.0 Å². The summed E-state index contributed by atoms with van der Waals surface area (Å²) in [6.07, 6.45) is 10.5. The van der Waals surface area contributed by atoms with E-state index in [2.05, 4.69) is 37.3 Å². The van der Waals surface area contributed by atoms with E-state index in [-0.39, 0.29) is 0 Å². The van der Waals surface area contributed by atoms with Crippen LogP contribution in [-0.2, 0) is 0 Å². The lowest BCUT2D eigenvalue weighted by molar-refractivity contribution is 0.821. The Kier molecular flexibility index (Phi) is 2.46. The number of hydrogen-bond acceptors (Lipinski definition) is 1. The molecule has 0 aromatic carbocycles. The molecule has 1 atom stereocenters. The summed E-state index contributed by atoms with van der Waals surface area (Å²) in [5, 5.41) is 0. The van der Waals surface area contributed by atoms with E-state index in [1.807, 2.05) is 0 Å². The second-order valence-electron chi connectivity index (χ2n) is 2.55. The summed E-state index contributed by atoms with van der Waals surface area (Å²) in [4.78, 5) is 0. The Morgan fingerprint density at radius 1 is 1.50 bits per heavy atom. The largest absolute Gasteiger partial charge is 0.330 e. The highest BCUT2D eigenvalue weighted by Crippen LogP contribution is 2.07. The highest BCUT2D eigenvalue weighted by Gasteiger charge is 1.96. The summed E-state index contributed by atoms with van der Waals surface area (Å²) in [6, 6.07) is 0. The zero-order chi connectivity index (χ0) is 7.40. The van der Waals surface area contributed by atoms with Crippen LogP contribution in [0.4, 0.5) is 0 Å². The van der Waals surface area contributed by atoms with Crippen LogP contribution in [0.3, 0.4) is 0 Å². The van der Waals surface area contributed by atoms with E-state index in [1.165, 1.54) is 5.57 Å². The van der Waals surface area contributed by atoms with Gasteiger partial charge in [0.15, 0.2) is 0 Å². The zero-order valence-corrected chi connectivity index (χ0v) is 6.25. The lowest BCUT2D eigenvalue weighted by Gasteiger charge is -1.99. The standard InChI is InChI=1S/C9H13N/c1-8-3-2-4-9(7-10)6-5-8/h2-6,9H,7,10H2,1H3. The van der Waals surface area contributed by atoms with Crippen molar-refractivity contribution in [3.05, 3.63) is 36.0 Å². The van der Waals surface area contributed by atoms with Gasteiger partial charge in [-0.25, -0.2) is 0 Å². The number of hydrogen-bond donors (Lipinski definition) is 1. The van der Waals surface area contributed by atoms with Gasteiger partial charge in [0.2, 0.25) is 0 Å².